The van der Waals surface area contributed by atoms with Gasteiger partial charge in [0.05, 0.1) is 19.2 Å². The minimum absolute atomic E-state index is 0.0336. The van der Waals surface area contributed by atoms with Gasteiger partial charge in [-0.05, 0) is 44.4 Å². The second kappa shape index (κ2) is 5.73. The van der Waals surface area contributed by atoms with Gasteiger partial charge in [-0.25, -0.2) is 0 Å². The molecule has 2 N–H and O–H groups in total. The molecule has 1 aromatic carbocycles. The molecule has 1 aliphatic rings. The predicted octanol–water partition coefficient (Wildman–Crippen LogP) is 2.43. The Morgan fingerprint density at radius 1 is 1.40 bits per heavy atom. The maximum Gasteiger partial charge on any atom is 0.192 e. The SMILES string of the molecule is CCC(C)N1C(N)=NCC1(C)Cc1ccc(OC)cc1. The molecule has 0 radical (unpaired) electrons. The number of methoxy groups -OCH3 is 1. The molecule has 0 aromatic heterocycles. The monoisotopic (exact) mass is 275 g/mol. The number of rotatable bonds is 5. The zero-order chi connectivity index (χ0) is 14.8. The first-order valence-corrected chi connectivity index (χ1v) is 7.22. The summed E-state index contributed by atoms with van der Waals surface area (Å²) in [5.74, 6) is 1.57. The van der Waals surface area contributed by atoms with E-state index in [-0.39, 0.29) is 5.54 Å². The Kier molecular flexibility index (Phi) is 4.21. The van der Waals surface area contributed by atoms with E-state index in [1.54, 1.807) is 7.11 Å². The van der Waals surface area contributed by atoms with Crippen LogP contribution in [0, 0.1) is 0 Å². The number of aliphatic imine (C=N–C) groups is 1. The Bertz CT molecular complexity index is 483. The summed E-state index contributed by atoms with van der Waals surface area (Å²) in [6.45, 7) is 7.39. The van der Waals surface area contributed by atoms with Gasteiger partial charge in [0.25, 0.3) is 0 Å². The highest BCUT2D eigenvalue weighted by Gasteiger charge is 2.40. The van der Waals surface area contributed by atoms with Crippen LogP contribution in [0.2, 0.25) is 0 Å². The molecule has 4 heteroatoms. The molecule has 2 rings (SSSR count). The molecule has 2 unspecified atom stereocenters. The van der Waals surface area contributed by atoms with Crippen molar-refractivity contribution >= 4 is 5.96 Å². The highest BCUT2D eigenvalue weighted by molar-refractivity contribution is 5.81. The van der Waals surface area contributed by atoms with Gasteiger partial charge < -0.3 is 15.4 Å². The molecule has 1 aromatic rings. The molecule has 0 spiro atoms. The van der Waals surface area contributed by atoms with Gasteiger partial charge in [-0.1, -0.05) is 19.1 Å². The highest BCUT2D eigenvalue weighted by Crippen LogP contribution is 2.29. The molecule has 0 aliphatic carbocycles. The molecule has 0 fully saturated rings. The fraction of sp³-hybridized carbons (Fsp3) is 0.562. The van der Waals surface area contributed by atoms with Crippen molar-refractivity contribution in [3.8, 4) is 5.75 Å². The van der Waals surface area contributed by atoms with E-state index in [2.05, 4.69) is 42.8 Å². The number of guanidine groups is 1. The van der Waals surface area contributed by atoms with Crippen LogP contribution in [0.1, 0.15) is 32.8 Å². The largest absolute Gasteiger partial charge is 0.497 e. The highest BCUT2D eigenvalue weighted by atomic mass is 16.5. The first-order valence-electron chi connectivity index (χ1n) is 7.22. The van der Waals surface area contributed by atoms with Gasteiger partial charge in [0.2, 0.25) is 0 Å². The minimum atomic E-state index is -0.0336. The Morgan fingerprint density at radius 3 is 2.60 bits per heavy atom. The predicted molar refractivity (Wildman–Crippen MR) is 83.2 cm³/mol. The van der Waals surface area contributed by atoms with Crippen LogP contribution in [-0.2, 0) is 6.42 Å². The summed E-state index contributed by atoms with van der Waals surface area (Å²) in [4.78, 5) is 6.74. The fourth-order valence-electron chi connectivity index (χ4n) is 2.94. The Hall–Kier alpha value is -1.71. The number of hydrogen-bond acceptors (Lipinski definition) is 4. The van der Waals surface area contributed by atoms with E-state index in [1.165, 1.54) is 5.56 Å². The van der Waals surface area contributed by atoms with Crippen LogP contribution in [0.3, 0.4) is 0 Å². The third-order valence-electron chi connectivity index (χ3n) is 4.19. The van der Waals surface area contributed by atoms with Gasteiger partial charge in [0, 0.05) is 6.04 Å². The van der Waals surface area contributed by atoms with Crippen molar-refractivity contribution in [2.75, 3.05) is 13.7 Å². The summed E-state index contributed by atoms with van der Waals surface area (Å²) in [6, 6.07) is 8.65. The van der Waals surface area contributed by atoms with E-state index < -0.39 is 0 Å². The molecule has 2 atom stereocenters. The van der Waals surface area contributed by atoms with Crippen molar-refractivity contribution in [3.63, 3.8) is 0 Å². The lowest BCUT2D eigenvalue weighted by atomic mass is 9.90. The van der Waals surface area contributed by atoms with Gasteiger partial charge in [-0.2, -0.15) is 0 Å². The molecule has 0 bridgehead atoms. The third kappa shape index (κ3) is 2.74. The zero-order valence-electron chi connectivity index (χ0n) is 12.9. The minimum Gasteiger partial charge on any atom is -0.497 e. The quantitative estimate of drug-likeness (QED) is 0.898. The maximum atomic E-state index is 6.09. The molecule has 20 heavy (non-hydrogen) atoms. The molecular formula is C16H25N3O. The first-order chi connectivity index (χ1) is 9.50. The molecule has 110 valence electrons. The zero-order valence-corrected chi connectivity index (χ0v) is 12.9. The van der Waals surface area contributed by atoms with Crippen molar-refractivity contribution in [3.05, 3.63) is 29.8 Å². The topological polar surface area (TPSA) is 50.8 Å². The van der Waals surface area contributed by atoms with Crippen LogP contribution in [0.25, 0.3) is 0 Å². The van der Waals surface area contributed by atoms with Crippen molar-refractivity contribution < 1.29 is 4.74 Å². The number of hydrogen-bond donors (Lipinski definition) is 1. The Balaban J connectivity index is 2.17. The average Bonchev–Trinajstić information content (AvgIpc) is 2.74. The molecule has 0 saturated carbocycles. The Labute approximate surface area is 121 Å². The van der Waals surface area contributed by atoms with E-state index in [0.29, 0.717) is 12.0 Å². The van der Waals surface area contributed by atoms with E-state index >= 15 is 0 Å². The van der Waals surface area contributed by atoms with Crippen LogP contribution in [0.4, 0.5) is 0 Å². The van der Waals surface area contributed by atoms with Gasteiger partial charge in [0.15, 0.2) is 5.96 Å². The standard InChI is InChI=1S/C16H25N3O/c1-5-12(2)19-15(17)18-11-16(19,3)10-13-6-8-14(20-4)9-7-13/h6-9,12H,5,10-11H2,1-4H3,(H2,17,18). The lowest BCUT2D eigenvalue weighted by Crippen LogP contribution is -2.54. The van der Waals surface area contributed by atoms with Crippen molar-refractivity contribution in [2.24, 2.45) is 10.7 Å². The smallest absolute Gasteiger partial charge is 0.192 e. The molecule has 0 amide bonds. The van der Waals surface area contributed by atoms with Crippen LogP contribution < -0.4 is 10.5 Å². The molecular weight excluding hydrogens is 250 g/mol. The van der Waals surface area contributed by atoms with Crippen molar-refractivity contribution in [1.82, 2.24) is 4.90 Å². The lowest BCUT2D eigenvalue weighted by molar-refractivity contribution is 0.170. The normalized spacial score (nSPS) is 23.6. The summed E-state index contributed by atoms with van der Waals surface area (Å²) in [6.07, 6.45) is 2.00. The third-order valence-corrected chi connectivity index (χ3v) is 4.19. The average molecular weight is 275 g/mol. The number of benzene rings is 1. The second-order valence-electron chi connectivity index (χ2n) is 5.82. The molecule has 4 nitrogen and oxygen atoms in total. The maximum absolute atomic E-state index is 6.09. The van der Waals surface area contributed by atoms with E-state index in [9.17, 15) is 0 Å². The lowest BCUT2D eigenvalue weighted by Gasteiger charge is -2.40. The van der Waals surface area contributed by atoms with E-state index in [0.717, 1.165) is 25.1 Å². The summed E-state index contributed by atoms with van der Waals surface area (Å²) < 4.78 is 5.21. The number of nitrogens with two attached hydrogens (primary N) is 1. The van der Waals surface area contributed by atoms with Crippen LogP contribution in [0.5, 0.6) is 5.75 Å². The summed E-state index contributed by atoms with van der Waals surface area (Å²) in [5, 5.41) is 0. The first kappa shape index (κ1) is 14.7. The second-order valence-corrected chi connectivity index (χ2v) is 5.82. The van der Waals surface area contributed by atoms with Crippen LogP contribution >= 0.6 is 0 Å². The number of nitrogens with zero attached hydrogens (tertiary/aromatic N) is 2. The van der Waals surface area contributed by atoms with Crippen LogP contribution in [-0.4, -0.2) is 36.1 Å². The van der Waals surface area contributed by atoms with E-state index in [1.807, 2.05) is 12.1 Å². The number of ether oxygens (including phenoxy) is 1. The van der Waals surface area contributed by atoms with Gasteiger partial charge in [-0.3, -0.25) is 4.99 Å². The van der Waals surface area contributed by atoms with Gasteiger partial charge in [-0.15, -0.1) is 0 Å². The summed E-state index contributed by atoms with van der Waals surface area (Å²) >= 11 is 0. The van der Waals surface area contributed by atoms with Crippen molar-refractivity contribution in [1.29, 1.82) is 0 Å². The van der Waals surface area contributed by atoms with Crippen molar-refractivity contribution in [2.45, 2.75) is 45.2 Å². The molecule has 1 aliphatic heterocycles. The van der Waals surface area contributed by atoms with Crippen LogP contribution in [0.15, 0.2) is 29.3 Å². The van der Waals surface area contributed by atoms with Gasteiger partial charge in [0.1, 0.15) is 5.75 Å². The fourth-order valence-corrected chi connectivity index (χ4v) is 2.94. The summed E-state index contributed by atoms with van der Waals surface area (Å²) in [5.41, 5.74) is 7.34. The molecule has 0 saturated heterocycles. The van der Waals surface area contributed by atoms with E-state index in [4.69, 9.17) is 10.5 Å². The molecule has 1 heterocycles. The summed E-state index contributed by atoms with van der Waals surface area (Å²) in [7, 11) is 1.69. The van der Waals surface area contributed by atoms with Gasteiger partial charge >= 0.3 is 0 Å². The Morgan fingerprint density at radius 2 is 2.05 bits per heavy atom.